The number of carbonyl (C=O) groups is 2. The van der Waals surface area contributed by atoms with E-state index in [2.05, 4.69) is 10.3 Å². The fraction of sp³-hybridized carbons (Fsp3) is 0.235. The highest BCUT2D eigenvalue weighted by Gasteiger charge is 2.16. The van der Waals surface area contributed by atoms with Gasteiger partial charge in [0.2, 0.25) is 11.7 Å². The zero-order chi connectivity index (χ0) is 19.3. The molecule has 2 rings (SSSR count). The Labute approximate surface area is 150 Å². The molecule has 1 aromatic heterocycles. The zero-order valence-corrected chi connectivity index (χ0v) is 14.9. The van der Waals surface area contributed by atoms with Gasteiger partial charge in [0, 0.05) is 13.1 Å². The van der Waals surface area contributed by atoms with E-state index in [-0.39, 0.29) is 11.5 Å². The molecule has 26 heavy (non-hydrogen) atoms. The number of methoxy groups -OCH3 is 3. The minimum atomic E-state index is -0.727. The standard InChI is InChI=1S/C17H20N4O5/c1-21-9-19-14(16(18)23)17(21)20-13(22)6-5-10-7-11(24-2)15(26-4)12(8-10)25-3/h5-9H,1-4H3,(H2,18,23)(H,20,22)/b6-5+. The van der Waals surface area contributed by atoms with Crippen LogP contribution in [0.1, 0.15) is 16.1 Å². The Morgan fingerprint density at radius 3 is 2.27 bits per heavy atom. The average Bonchev–Trinajstić information content (AvgIpc) is 2.99. The molecule has 1 aromatic carbocycles. The number of aromatic nitrogens is 2. The van der Waals surface area contributed by atoms with Gasteiger partial charge < -0.3 is 29.8 Å². The lowest BCUT2D eigenvalue weighted by Gasteiger charge is -2.12. The predicted molar refractivity (Wildman–Crippen MR) is 95.5 cm³/mol. The summed E-state index contributed by atoms with van der Waals surface area (Å²) in [6.45, 7) is 0. The first kappa shape index (κ1) is 18.8. The molecule has 0 saturated carbocycles. The van der Waals surface area contributed by atoms with Crippen molar-refractivity contribution in [3.05, 3.63) is 35.8 Å². The molecule has 0 saturated heterocycles. The number of rotatable bonds is 7. The first-order valence-corrected chi connectivity index (χ1v) is 7.51. The fourth-order valence-corrected chi connectivity index (χ4v) is 2.29. The smallest absolute Gasteiger partial charge is 0.271 e. The molecule has 138 valence electrons. The Balaban J connectivity index is 2.23. The highest BCUT2D eigenvalue weighted by molar-refractivity contribution is 6.05. The number of benzene rings is 1. The van der Waals surface area contributed by atoms with Crippen LogP contribution in [0, 0.1) is 0 Å². The molecule has 0 fully saturated rings. The maximum atomic E-state index is 12.2. The van der Waals surface area contributed by atoms with Gasteiger partial charge in [0.05, 0.1) is 27.7 Å². The Morgan fingerprint density at radius 1 is 1.15 bits per heavy atom. The number of primary amides is 1. The van der Waals surface area contributed by atoms with Crippen LogP contribution in [0.15, 0.2) is 24.5 Å². The van der Waals surface area contributed by atoms with Crippen LogP contribution in [0.2, 0.25) is 0 Å². The van der Waals surface area contributed by atoms with Crippen LogP contribution in [0.5, 0.6) is 17.2 Å². The Bertz CT molecular complexity index is 832. The van der Waals surface area contributed by atoms with Gasteiger partial charge in [0.25, 0.3) is 5.91 Å². The average molecular weight is 360 g/mol. The lowest BCUT2D eigenvalue weighted by Crippen LogP contribution is -2.18. The zero-order valence-electron chi connectivity index (χ0n) is 14.9. The largest absolute Gasteiger partial charge is 0.493 e. The van der Waals surface area contributed by atoms with Crippen LogP contribution in [0.4, 0.5) is 5.82 Å². The van der Waals surface area contributed by atoms with Gasteiger partial charge in [-0.3, -0.25) is 9.59 Å². The van der Waals surface area contributed by atoms with Gasteiger partial charge in [-0.25, -0.2) is 4.98 Å². The van der Waals surface area contributed by atoms with Crippen molar-refractivity contribution in [3.63, 3.8) is 0 Å². The van der Waals surface area contributed by atoms with Gasteiger partial charge in [-0.05, 0) is 23.8 Å². The number of amides is 2. The quantitative estimate of drug-likeness (QED) is 0.716. The van der Waals surface area contributed by atoms with Gasteiger partial charge in [-0.1, -0.05) is 0 Å². The first-order valence-electron chi connectivity index (χ1n) is 7.51. The second kappa shape index (κ2) is 8.06. The summed E-state index contributed by atoms with van der Waals surface area (Å²) in [5.41, 5.74) is 5.89. The number of ether oxygens (including phenoxy) is 3. The number of nitrogens with one attached hydrogen (secondary N) is 1. The maximum absolute atomic E-state index is 12.2. The molecule has 0 radical (unpaired) electrons. The third kappa shape index (κ3) is 3.94. The van der Waals surface area contributed by atoms with Crippen LogP contribution >= 0.6 is 0 Å². The number of carbonyl (C=O) groups excluding carboxylic acids is 2. The summed E-state index contributed by atoms with van der Waals surface area (Å²) in [4.78, 5) is 27.4. The molecule has 9 heteroatoms. The molecule has 2 amide bonds. The second-order valence-electron chi connectivity index (χ2n) is 5.20. The summed E-state index contributed by atoms with van der Waals surface area (Å²) in [5, 5.41) is 2.58. The number of nitrogens with two attached hydrogens (primary N) is 1. The summed E-state index contributed by atoms with van der Waals surface area (Å²) < 4.78 is 17.3. The third-order valence-corrected chi connectivity index (χ3v) is 3.53. The van der Waals surface area contributed by atoms with E-state index in [9.17, 15) is 9.59 Å². The number of anilines is 1. The Hall–Kier alpha value is -3.49. The highest BCUT2D eigenvalue weighted by Crippen LogP contribution is 2.38. The number of aryl methyl sites for hydroxylation is 1. The van der Waals surface area contributed by atoms with Crippen molar-refractivity contribution < 1.29 is 23.8 Å². The molecule has 3 N–H and O–H groups in total. The highest BCUT2D eigenvalue weighted by atomic mass is 16.5. The molecule has 0 aliphatic carbocycles. The van der Waals surface area contributed by atoms with Gasteiger partial charge >= 0.3 is 0 Å². The van der Waals surface area contributed by atoms with Crippen molar-refractivity contribution in [2.24, 2.45) is 12.8 Å². The van der Waals surface area contributed by atoms with E-state index in [0.717, 1.165) is 0 Å². The summed E-state index contributed by atoms with van der Waals surface area (Å²) in [5.74, 6) is 0.429. The minimum absolute atomic E-state index is 0.0120. The molecule has 9 nitrogen and oxygen atoms in total. The summed E-state index contributed by atoms with van der Waals surface area (Å²) >= 11 is 0. The monoisotopic (exact) mass is 360 g/mol. The van der Waals surface area contributed by atoms with Crippen molar-refractivity contribution in [2.45, 2.75) is 0 Å². The van der Waals surface area contributed by atoms with Crippen LogP contribution in [-0.4, -0.2) is 42.7 Å². The molecule has 0 aliphatic rings. The van der Waals surface area contributed by atoms with Gasteiger partial charge in [0.15, 0.2) is 17.2 Å². The SMILES string of the molecule is COc1cc(/C=C/C(=O)Nc2c(C(N)=O)ncn2C)cc(OC)c1OC. The van der Waals surface area contributed by atoms with Crippen LogP contribution in [-0.2, 0) is 11.8 Å². The Morgan fingerprint density at radius 2 is 1.77 bits per heavy atom. The number of nitrogens with zero attached hydrogens (tertiary/aromatic N) is 2. The van der Waals surface area contributed by atoms with E-state index < -0.39 is 11.8 Å². The fourth-order valence-electron chi connectivity index (χ4n) is 2.29. The van der Waals surface area contributed by atoms with E-state index >= 15 is 0 Å². The summed E-state index contributed by atoms with van der Waals surface area (Å²) in [6.07, 6.45) is 4.26. The lowest BCUT2D eigenvalue weighted by molar-refractivity contribution is -0.111. The van der Waals surface area contributed by atoms with Crippen molar-refractivity contribution in [1.82, 2.24) is 9.55 Å². The van der Waals surface area contributed by atoms with Gasteiger partial charge in [-0.2, -0.15) is 0 Å². The molecule has 0 spiro atoms. The number of hydrogen-bond donors (Lipinski definition) is 2. The van der Waals surface area contributed by atoms with E-state index in [1.54, 1.807) is 25.3 Å². The maximum Gasteiger partial charge on any atom is 0.271 e. The van der Waals surface area contributed by atoms with Gasteiger partial charge in [-0.15, -0.1) is 0 Å². The van der Waals surface area contributed by atoms with E-state index in [1.807, 2.05) is 0 Å². The molecule has 0 bridgehead atoms. The van der Waals surface area contributed by atoms with Crippen molar-refractivity contribution in [2.75, 3.05) is 26.6 Å². The third-order valence-electron chi connectivity index (χ3n) is 3.53. The summed E-state index contributed by atoms with van der Waals surface area (Å²) in [6, 6.07) is 3.40. The molecule has 0 aliphatic heterocycles. The van der Waals surface area contributed by atoms with E-state index in [4.69, 9.17) is 19.9 Å². The topological polar surface area (TPSA) is 118 Å². The van der Waals surface area contributed by atoms with Crippen molar-refractivity contribution in [1.29, 1.82) is 0 Å². The molecule has 2 aromatic rings. The van der Waals surface area contributed by atoms with Crippen LogP contribution < -0.4 is 25.3 Å². The molecule has 1 heterocycles. The first-order chi connectivity index (χ1) is 12.4. The van der Waals surface area contributed by atoms with Crippen LogP contribution in [0.3, 0.4) is 0 Å². The van der Waals surface area contributed by atoms with Crippen molar-refractivity contribution >= 4 is 23.7 Å². The van der Waals surface area contributed by atoms with E-state index in [1.165, 1.54) is 38.3 Å². The second-order valence-corrected chi connectivity index (χ2v) is 5.20. The minimum Gasteiger partial charge on any atom is -0.493 e. The number of imidazole rings is 1. The molecular weight excluding hydrogens is 340 g/mol. The number of hydrogen-bond acceptors (Lipinski definition) is 6. The lowest BCUT2D eigenvalue weighted by atomic mass is 10.1. The molecule has 0 atom stereocenters. The van der Waals surface area contributed by atoms with Crippen molar-refractivity contribution in [3.8, 4) is 17.2 Å². The molecule has 0 unspecified atom stereocenters. The van der Waals surface area contributed by atoms with E-state index in [0.29, 0.717) is 22.8 Å². The normalized spacial score (nSPS) is 10.6. The van der Waals surface area contributed by atoms with Crippen LogP contribution in [0.25, 0.3) is 6.08 Å². The van der Waals surface area contributed by atoms with Gasteiger partial charge in [0.1, 0.15) is 5.82 Å². The molecular formula is C17H20N4O5. The Kier molecular flexibility index (Phi) is 5.84. The summed E-state index contributed by atoms with van der Waals surface area (Å²) in [7, 11) is 6.15. The predicted octanol–water partition coefficient (Wildman–Crippen LogP) is 1.20.